The first-order valence-electron chi connectivity index (χ1n) is 11.4. The van der Waals surface area contributed by atoms with Crippen LogP contribution >= 0.6 is 0 Å². The molecule has 0 aromatic carbocycles. The number of halogens is 4. The van der Waals surface area contributed by atoms with Gasteiger partial charge in [-0.15, -0.1) is 0 Å². The highest BCUT2D eigenvalue weighted by Gasteiger charge is 2.39. The Hall–Kier alpha value is -4.49. The number of rotatable bonds is 4. The van der Waals surface area contributed by atoms with E-state index in [1.54, 1.807) is 23.2 Å². The Morgan fingerprint density at radius 1 is 1.13 bits per heavy atom. The molecule has 0 radical (unpaired) electrons. The molecule has 1 aliphatic rings. The van der Waals surface area contributed by atoms with Crippen LogP contribution in [0.1, 0.15) is 29.7 Å². The number of anilines is 3. The van der Waals surface area contributed by atoms with Crippen molar-refractivity contribution < 1.29 is 27.0 Å². The second kappa shape index (κ2) is 9.11. The van der Waals surface area contributed by atoms with Gasteiger partial charge >= 0.3 is 12.2 Å². The van der Waals surface area contributed by atoms with Gasteiger partial charge in [-0.05, 0) is 31.5 Å². The molecule has 1 aliphatic heterocycles. The lowest BCUT2D eigenvalue weighted by Crippen LogP contribution is -2.31. The summed E-state index contributed by atoms with van der Waals surface area (Å²) in [5, 5.41) is 0.0630. The zero-order valence-corrected chi connectivity index (χ0v) is 20.5. The van der Waals surface area contributed by atoms with Gasteiger partial charge in [-0.3, -0.25) is 0 Å². The van der Waals surface area contributed by atoms with Crippen LogP contribution in [0.25, 0.3) is 22.3 Å². The lowest BCUT2D eigenvalue weighted by atomic mass is 10.0. The van der Waals surface area contributed by atoms with Crippen molar-refractivity contribution in [2.45, 2.75) is 26.1 Å². The molecule has 0 fully saturated rings. The molecule has 0 saturated carbocycles. The smallest absolute Gasteiger partial charge is 0.418 e. The van der Waals surface area contributed by atoms with Crippen molar-refractivity contribution in [3.05, 3.63) is 46.9 Å². The number of nitrogens with two attached hydrogens (primary N) is 2. The zero-order chi connectivity index (χ0) is 27.4. The maximum absolute atomic E-state index is 16.1. The molecular weight excluding hydrogens is 508 g/mol. The summed E-state index contributed by atoms with van der Waals surface area (Å²) < 4.78 is 69.2. The summed E-state index contributed by atoms with van der Waals surface area (Å²) in [6.07, 6.45) is -3.30. The molecule has 5 heterocycles. The Kier molecular flexibility index (Phi) is 6.04. The minimum atomic E-state index is -4.86. The van der Waals surface area contributed by atoms with Crippen LogP contribution in [-0.4, -0.2) is 45.2 Å². The average molecular weight is 530 g/mol. The number of ether oxygens (including phenoxy) is 2. The Bertz CT molecular complexity index is 1560. The number of aryl methyl sites for hydroxylation is 1. The molecule has 5 rings (SSSR count). The third kappa shape index (κ3) is 4.11. The number of pyridine rings is 3. The number of methoxy groups -OCH3 is 1. The van der Waals surface area contributed by atoms with Crippen molar-refractivity contribution >= 4 is 28.4 Å². The van der Waals surface area contributed by atoms with E-state index in [9.17, 15) is 13.2 Å². The number of nitrogen functional groups attached to an aromatic ring is 2. The Morgan fingerprint density at radius 3 is 2.58 bits per heavy atom. The minimum absolute atomic E-state index is 0.0475. The molecule has 14 heteroatoms. The molecule has 0 saturated heterocycles. The highest BCUT2D eigenvalue weighted by molar-refractivity contribution is 5.97. The number of aromatic nitrogens is 5. The molecule has 0 bridgehead atoms. The predicted molar refractivity (Wildman–Crippen MR) is 131 cm³/mol. The highest BCUT2D eigenvalue weighted by atomic mass is 19.4. The largest absolute Gasteiger partial charge is 0.475 e. The molecule has 10 nitrogen and oxygen atoms in total. The minimum Gasteiger partial charge on any atom is -0.475 e. The van der Waals surface area contributed by atoms with Gasteiger partial charge in [0.1, 0.15) is 46.4 Å². The van der Waals surface area contributed by atoms with Gasteiger partial charge in [-0.1, -0.05) is 6.07 Å². The van der Waals surface area contributed by atoms with E-state index in [1.807, 2.05) is 6.92 Å². The van der Waals surface area contributed by atoms with E-state index in [-0.39, 0.29) is 53.1 Å². The maximum atomic E-state index is 16.1. The molecule has 0 aliphatic carbocycles. The van der Waals surface area contributed by atoms with Crippen LogP contribution < -0.4 is 25.8 Å². The molecule has 0 amide bonds. The third-order valence-corrected chi connectivity index (χ3v) is 6.27. The molecule has 4 aromatic rings. The zero-order valence-electron chi connectivity index (χ0n) is 20.5. The Morgan fingerprint density at radius 2 is 1.89 bits per heavy atom. The fourth-order valence-corrected chi connectivity index (χ4v) is 4.57. The van der Waals surface area contributed by atoms with Gasteiger partial charge in [-0.25, -0.2) is 19.3 Å². The van der Waals surface area contributed by atoms with E-state index in [4.69, 9.17) is 20.9 Å². The summed E-state index contributed by atoms with van der Waals surface area (Å²) >= 11 is 0. The van der Waals surface area contributed by atoms with Gasteiger partial charge in [0.05, 0.1) is 25.3 Å². The second-order valence-corrected chi connectivity index (χ2v) is 8.62. The normalized spacial score (nSPS) is 14.2. The molecule has 1 unspecified atom stereocenters. The summed E-state index contributed by atoms with van der Waals surface area (Å²) in [5.41, 5.74) is 9.28. The maximum Gasteiger partial charge on any atom is 0.418 e. The van der Waals surface area contributed by atoms with Crippen molar-refractivity contribution in [1.82, 2.24) is 24.9 Å². The predicted octanol–water partition coefficient (Wildman–Crippen LogP) is 4.08. The number of hydrogen-bond acceptors (Lipinski definition) is 10. The van der Waals surface area contributed by atoms with Gasteiger partial charge in [0.2, 0.25) is 5.88 Å². The van der Waals surface area contributed by atoms with Gasteiger partial charge in [-0.2, -0.15) is 23.1 Å². The lowest BCUT2D eigenvalue weighted by Gasteiger charge is -2.30. The van der Waals surface area contributed by atoms with Crippen molar-refractivity contribution in [3.8, 4) is 23.3 Å². The standard InChI is InChI=1S/C24H22F4N8O2/c1-10-9-13(29)32-18(15(10)24(26,27)28)19-16(25)17-14-21(35-23(34-17)37-3)36(7-8-38-22(14)33-19)11(2)12-5-4-6-31-20(12)30/h4-6,9,11H,7-8H2,1-3H3,(H2,29,32)(H2,30,31). The van der Waals surface area contributed by atoms with E-state index in [0.717, 1.165) is 6.07 Å². The van der Waals surface area contributed by atoms with Crippen LogP contribution in [0.2, 0.25) is 0 Å². The van der Waals surface area contributed by atoms with Gasteiger partial charge in [0.25, 0.3) is 0 Å². The van der Waals surface area contributed by atoms with Gasteiger partial charge in [0, 0.05) is 11.8 Å². The lowest BCUT2D eigenvalue weighted by molar-refractivity contribution is -0.137. The van der Waals surface area contributed by atoms with Crippen LogP contribution in [0.5, 0.6) is 11.9 Å². The Balaban J connectivity index is 1.80. The molecule has 38 heavy (non-hydrogen) atoms. The molecule has 4 aromatic heterocycles. The topological polar surface area (TPSA) is 138 Å². The summed E-state index contributed by atoms with van der Waals surface area (Å²) in [4.78, 5) is 22.4. The van der Waals surface area contributed by atoms with Crippen LogP contribution in [0.3, 0.4) is 0 Å². The van der Waals surface area contributed by atoms with Gasteiger partial charge in [0.15, 0.2) is 5.82 Å². The van der Waals surface area contributed by atoms with E-state index in [0.29, 0.717) is 11.4 Å². The fraction of sp³-hybridized carbons (Fsp3) is 0.292. The van der Waals surface area contributed by atoms with E-state index < -0.39 is 35.0 Å². The molecule has 1 atom stereocenters. The van der Waals surface area contributed by atoms with Crippen LogP contribution in [0, 0.1) is 12.7 Å². The quantitative estimate of drug-likeness (QED) is 0.371. The van der Waals surface area contributed by atoms with E-state index in [2.05, 4.69) is 24.9 Å². The SMILES string of the molecule is COc1nc2c3c(nc(-c4nc(N)cc(C)c4C(F)(F)F)c(F)c3n1)OCCN2C(C)c1cccnc1N. The first-order chi connectivity index (χ1) is 18.0. The monoisotopic (exact) mass is 530 g/mol. The van der Waals surface area contributed by atoms with Crippen molar-refractivity contribution in [1.29, 1.82) is 0 Å². The van der Waals surface area contributed by atoms with E-state index in [1.165, 1.54) is 14.0 Å². The van der Waals surface area contributed by atoms with Crippen LogP contribution in [0.15, 0.2) is 24.4 Å². The van der Waals surface area contributed by atoms with Crippen molar-refractivity contribution in [2.75, 3.05) is 36.6 Å². The molecular formula is C24H22F4N8O2. The molecule has 0 spiro atoms. The summed E-state index contributed by atoms with van der Waals surface area (Å²) in [7, 11) is 1.29. The summed E-state index contributed by atoms with van der Waals surface area (Å²) in [6, 6.07) is 3.97. The first kappa shape index (κ1) is 25.2. The number of hydrogen-bond donors (Lipinski definition) is 2. The van der Waals surface area contributed by atoms with Crippen LogP contribution in [-0.2, 0) is 6.18 Å². The third-order valence-electron chi connectivity index (χ3n) is 6.27. The number of alkyl halides is 3. The Labute approximate surface area is 213 Å². The van der Waals surface area contributed by atoms with Crippen molar-refractivity contribution in [2.24, 2.45) is 0 Å². The second-order valence-electron chi connectivity index (χ2n) is 8.62. The fourth-order valence-electron chi connectivity index (χ4n) is 4.57. The summed E-state index contributed by atoms with van der Waals surface area (Å²) in [6.45, 7) is 3.36. The molecule has 198 valence electrons. The first-order valence-corrected chi connectivity index (χ1v) is 11.4. The van der Waals surface area contributed by atoms with Crippen LogP contribution in [0.4, 0.5) is 35.0 Å². The van der Waals surface area contributed by atoms with E-state index >= 15 is 4.39 Å². The van der Waals surface area contributed by atoms with Crippen molar-refractivity contribution in [3.63, 3.8) is 0 Å². The summed E-state index contributed by atoms with van der Waals surface area (Å²) in [5.74, 6) is -1.04. The number of nitrogens with zero attached hydrogens (tertiary/aromatic N) is 6. The molecule has 4 N–H and O–H groups in total. The van der Waals surface area contributed by atoms with Gasteiger partial charge < -0.3 is 25.8 Å². The average Bonchev–Trinajstić information content (AvgIpc) is 3.04. The highest BCUT2D eigenvalue weighted by Crippen LogP contribution is 2.44.